The number of urea groups is 1. The Morgan fingerprint density at radius 1 is 0.914 bits per heavy atom. The van der Waals surface area contributed by atoms with E-state index in [0.717, 1.165) is 27.9 Å². The normalized spacial score (nSPS) is 16.0. The molecule has 35 heavy (non-hydrogen) atoms. The molecule has 0 fully saturated rings. The van der Waals surface area contributed by atoms with Crippen LogP contribution < -0.4 is 10.2 Å². The van der Waals surface area contributed by atoms with Crippen molar-refractivity contribution in [2.24, 2.45) is 0 Å². The van der Waals surface area contributed by atoms with Crippen LogP contribution in [0.4, 0.5) is 14.9 Å². The van der Waals surface area contributed by atoms with Crippen LogP contribution in [0.15, 0.2) is 77.0 Å². The number of nitrogens with one attached hydrogen (secondary N) is 1. The predicted octanol–water partition coefficient (Wildman–Crippen LogP) is 6.50. The zero-order valence-electron chi connectivity index (χ0n) is 20.0. The third kappa shape index (κ3) is 4.33. The number of amides is 2. The van der Waals surface area contributed by atoms with Gasteiger partial charge in [-0.15, -0.1) is 0 Å². The van der Waals surface area contributed by atoms with Crippen LogP contribution in [-0.2, 0) is 0 Å². The number of hydrogen-bond donors (Lipinski definition) is 1. The molecule has 0 aliphatic carbocycles. The lowest BCUT2D eigenvalue weighted by molar-refractivity contribution is 0.244. The lowest BCUT2D eigenvalue weighted by atomic mass is 9.93. The number of benzene rings is 3. The lowest BCUT2D eigenvalue weighted by Crippen LogP contribution is -2.46. The zero-order chi connectivity index (χ0) is 24.7. The number of nitrogens with zero attached hydrogens (tertiary/aromatic N) is 3. The highest BCUT2D eigenvalue weighted by Gasteiger charge is 2.36. The van der Waals surface area contributed by atoms with Gasteiger partial charge in [0.05, 0.1) is 17.3 Å². The molecule has 0 bridgehead atoms. The fraction of sp³-hybridized carbons (Fsp3) is 0.179. The van der Waals surface area contributed by atoms with Crippen LogP contribution >= 0.6 is 0 Å². The van der Waals surface area contributed by atoms with Gasteiger partial charge >= 0.3 is 6.03 Å². The van der Waals surface area contributed by atoms with Gasteiger partial charge in [-0.05, 0) is 68.7 Å². The Balaban J connectivity index is 1.67. The summed E-state index contributed by atoms with van der Waals surface area (Å²) in [4.78, 5) is 19.6. The van der Waals surface area contributed by atoms with Gasteiger partial charge in [-0.1, -0.05) is 53.2 Å². The molecule has 1 aromatic heterocycles. The van der Waals surface area contributed by atoms with Crippen LogP contribution in [0.3, 0.4) is 0 Å². The lowest BCUT2D eigenvalue weighted by Gasteiger charge is -2.35. The van der Waals surface area contributed by atoms with E-state index in [0.29, 0.717) is 16.8 Å². The summed E-state index contributed by atoms with van der Waals surface area (Å²) < 4.78 is 19.5. The van der Waals surface area contributed by atoms with Crippen molar-refractivity contribution in [1.82, 2.24) is 15.5 Å². The van der Waals surface area contributed by atoms with E-state index >= 15 is 0 Å². The van der Waals surface area contributed by atoms with Crippen molar-refractivity contribution in [1.29, 1.82) is 0 Å². The molecule has 1 N–H and O–H groups in total. The molecule has 0 radical (unpaired) electrons. The summed E-state index contributed by atoms with van der Waals surface area (Å²) in [6, 6.07) is 19.2. The van der Waals surface area contributed by atoms with Crippen LogP contribution in [0, 0.1) is 26.6 Å². The Labute approximate surface area is 203 Å². The molecule has 1 unspecified atom stereocenters. The standard InChI is InChI=1S/C28H25FN4O2/c1-16-8-10-20(11-9-16)25-24(27-31-26(32-35-27)21-6-5-7-22(29)15-21)19(4)33(28(34)30-25)23-13-17(2)12-18(3)14-23/h5-15,25H,1-4H3,(H,30,34). The molecule has 0 saturated heterocycles. The second-order valence-corrected chi connectivity index (χ2v) is 8.91. The molecule has 4 aromatic rings. The van der Waals surface area contributed by atoms with E-state index < -0.39 is 6.04 Å². The highest BCUT2D eigenvalue weighted by molar-refractivity contribution is 6.01. The van der Waals surface area contributed by atoms with Crippen LogP contribution in [-0.4, -0.2) is 16.2 Å². The van der Waals surface area contributed by atoms with Gasteiger partial charge in [0.2, 0.25) is 5.82 Å². The summed E-state index contributed by atoms with van der Waals surface area (Å²) in [5.74, 6) is 0.159. The molecule has 0 saturated carbocycles. The van der Waals surface area contributed by atoms with E-state index in [2.05, 4.69) is 21.5 Å². The van der Waals surface area contributed by atoms with Crippen molar-refractivity contribution in [3.05, 3.63) is 106 Å². The Bertz CT molecular complexity index is 1440. The highest BCUT2D eigenvalue weighted by atomic mass is 19.1. The second-order valence-electron chi connectivity index (χ2n) is 8.91. The fourth-order valence-corrected chi connectivity index (χ4v) is 4.50. The highest BCUT2D eigenvalue weighted by Crippen LogP contribution is 2.39. The summed E-state index contributed by atoms with van der Waals surface area (Å²) in [6.45, 7) is 7.88. The third-order valence-electron chi connectivity index (χ3n) is 6.10. The Hall–Kier alpha value is -4.26. The topological polar surface area (TPSA) is 71.3 Å². The molecule has 176 valence electrons. The molecule has 3 aromatic carbocycles. The number of anilines is 1. The SMILES string of the molecule is CC1=C(c2nc(-c3cccc(F)c3)no2)C(c2ccc(C)cc2)NC(=O)N1c1cc(C)cc(C)c1. The molecule has 2 amide bonds. The average Bonchev–Trinajstić information content (AvgIpc) is 3.28. The Kier molecular flexibility index (Phi) is 5.68. The van der Waals surface area contributed by atoms with Crippen molar-refractivity contribution in [3.8, 4) is 11.4 Å². The fourth-order valence-electron chi connectivity index (χ4n) is 4.50. The monoisotopic (exact) mass is 468 g/mol. The van der Waals surface area contributed by atoms with E-state index in [9.17, 15) is 9.18 Å². The van der Waals surface area contributed by atoms with Crippen LogP contribution in [0.2, 0.25) is 0 Å². The number of aromatic nitrogens is 2. The first kappa shape index (κ1) is 22.5. The van der Waals surface area contributed by atoms with Gasteiger partial charge in [-0.25, -0.2) is 9.18 Å². The number of carbonyl (C=O) groups excluding carboxylic acids is 1. The summed E-state index contributed by atoms with van der Waals surface area (Å²) in [5, 5.41) is 7.22. The molecule has 1 aliphatic rings. The summed E-state index contributed by atoms with van der Waals surface area (Å²) in [5.41, 5.74) is 6.73. The number of aryl methyl sites for hydroxylation is 3. The minimum absolute atomic E-state index is 0.244. The van der Waals surface area contributed by atoms with E-state index in [1.54, 1.807) is 17.0 Å². The first-order valence-corrected chi connectivity index (χ1v) is 11.4. The first-order valence-electron chi connectivity index (χ1n) is 11.4. The third-order valence-corrected chi connectivity index (χ3v) is 6.10. The molecule has 0 spiro atoms. The first-order chi connectivity index (χ1) is 16.8. The van der Waals surface area contributed by atoms with Crippen molar-refractivity contribution in [2.45, 2.75) is 33.7 Å². The minimum atomic E-state index is -0.494. The maximum Gasteiger partial charge on any atom is 0.326 e. The van der Waals surface area contributed by atoms with Crippen LogP contribution in [0.25, 0.3) is 17.0 Å². The van der Waals surface area contributed by atoms with Crippen LogP contribution in [0.5, 0.6) is 0 Å². The molecular weight excluding hydrogens is 443 g/mol. The van der Waals surface area contributed by atoms with Gasteiger partial charge in [0, 0.05) is 11.3 Å². The summed E-state index contributed by atoms with van der Waals surface area (Å²) in [7, 11) is 0. The van der Waals surface area contributed by atoms with Crippen molar-refractivity contribution >= 4 is 17.3 Å². The molecular formula is C28H25FN4O2. The van der Waals surface area contributed by atoms with Gasteiger partial charge in [0.1, 0.15) is 5.82 Å². The molecule has 6 nitrogen and oxygen atoms in total. The van der Waals surface area contributed by atoms with Crippen molar-refractivity contribution in [2.75, 3.05) is 4.90 Å². The summed E-state index contributed by atoms with van der Waals surface area (Å²) in [6.07, 6.45) is 0. The smallest absolute Gasteiger partial charge is 0.326 e. The molecule has 1 atom stereocenters. The molecule has 5 rings (SSSR count). The van der Waals surface area contributed by atoms with Crippen molar-refractivity contribution in [3.63, 3.8) is 0 Å². The molecule has 7 heteroatoms. The van der Waals surface area contributed by atoms with Gasteiger partial charge in [0.15, 0.2) is 0 Å². The van der Waals surface area contributed by atoms with Crippen LogP contribution in [0.1, 0.15) is 41.1 Å². The maximum atomic E-state index is 13.8. The van der Waals surface area contributed by atoms with Gasteiger partial charge < -0.3 is 9.84 Å². The van der Waals surface area contributed by atoms with E-state index in [-0.39, 0.29) is 23.6 Å². The summed E-state index contributed by atoms with van der Waals surface area (Å²) >= 11 is 0. The molecule has 2 heterocycles. The Morgan fingerprint density at radius 2 is 1.63 bits per heavy atom. The number of hydrogen-bond acceptors (Lipinski definition) is 4. The average molecular weight is 469 g/mol. The number of rotatable bonds is 4. The van der Waals surface area contributed by atoms with Crippen molar-refractivity contribution < 1.29 is 13.7 Å². The predicted molar refractivity (Wildman–Crippen MR) is 133 cm³/mol. The van der Waals surface area contributed by atoms with E-state index in [4.69, 9.17) is 4.52 Å². The maximum absolute atomic E-state index is 13.8. The van der Waals surface area contributed by atoms with E-state index in [1.807, 2.05) is 64.1 Å². The Morgan fingerprint density at radius 3 is 2.31 bits per heavy atom. The zero-order valence-corrected chi connectivity index (χ0v) is 20.0. The second kappa shape index (κ2) is 8.83. The number of halogens is 1. The van der Waals surface area contributed by atoms with Gasteiger partial charge in [0.25, 0.3) is 5.89 Å². The number of carbonyl (C=O) groups is 1. The van der Waals surface area contributed by atoms with Gasteiger partial charge in [-0.2, -0.15) is 4.98 Å². The largest absolute Gasteiger partial charge is 0.334 e. The molecule has 1 aliphatic heterocycles. The quantitative estimate of drug-likeness (QED) is 0.371. The number of allylic oxidation sites excluding steroid dienone is 1. The minimum Gasteiger partial charge on any atom is -0.334 e. The van der Waals surface area contributed by atoms with E-state index in [1.165, 1.54) is 12.1 Å². The van der Waals surface area contributed by atoms with Gasteiger partial charge in [-0.3, -0.25) is 4.90 Å².